The minimum atomic E-state index is -0.400. The Kier molecular flexibility index (Phi) is 3.70. The molecule has 0 saturated carbocycles. The molecule has 3 heteroatoms. The van der Waals surface area contributed by atoms with E-state index in [0.29, 0.717) is 12.1 Å². The number of aliphatic hydroxyl groups excluding tert-OH is 1. The number of likely N-dealkylation sites (N-methyl/N-ethyl adjacent to an activating group) is 1. The van der Waals surface area contributed by atoms with E-state index < -0.39 is 6.10 Å². The zero-order chi connectivity index (χ0) is 11.4. The molecular weight excluding hydrogens is 188 g/mol. The van der Waals surface area contributed by atoms with E-state index >= 15 is 0 Å². The van der Waals surface area contributed by atoms with Gasteiger partial charge in [0.15, 0.2) is 0 Å². The Labute approximate surface area is 90.6 Å². The standard InChI is InChI=1S/C12H16N2O/c1-9-4-5-12(11(6-9)7-13)14(3)8-10(2)15/h4-6,10,15H,8H2,1-3H3. The number of aryl methyl sites for hydroxylation is 1. The average molecular weight is 204 g/mol. The monoisotopic (exact) mass is 204 g/mol. The molecule has 1 atom stereocenters. The Morgan fingerprint density at radius 2 is 2.20 bits per heavy atom. The quantitative estimate of drug-likeness (QED) is 0.815. The molecule has 0 bridgehead atoms. The summed E-state index contributed by atoms with van der Waals surface area (Å²) in [5, 5.41) is 18.3. The summed E-state index contributed by atoms with van der Waals surface area (Å²) in [7, 11) is 1.87. The number of nitriles is 1. The van der Waals surface area contributed by atoms with E-state index in [-0.39, 0.29) is 0 Å². The van der Waals surface area contributed by atoms with Gasteiger partial charge in [0.05, 0.1) is 17.4 Å². The van der Waals surface area contributed by atoms with Gasteiger partial charge in [-0.2, -0.15) is 5.26 Å². The summed E-state index contributed by atoms with van der Waals surface area (Å²) in [5.41, 5.74) is 2.59. The van der Waals surface area contributed by atoms with Crippen LogP contribution in [0.1, 0.15) is 18.1 Å². The lowest BCUT2D eigenvalue weighted by Crippen LogP contribution is -2.27. The predicted molar refractivity (Wildman–Crippen MR) is 60.8 cm³/mol. The molecule has 0 radical (unpaired) electrons. The van der Waals surface area contributed by atoms with Crippen LogP contribution in [-0.2, 0) is 0 Å². The lowest BCUT2D eigenvalue weighted by atomic mass is 10.1. The number of aliphatic hydroxyl groups is 1. The minimum absolute atomic E-state index is 0.400. The Morgan fingerprint density at radius 3 is 2.73 bits per heavy atom. The summed E-state index contributed by atoms with van der Waals surface area (Å²) >= 11 is 0. The molecule has 0 aliphatic heterocycles. The number of anilines is 1. The molecule has 1 N–H and O–H groups in total. The van der Waals surface area contributed by atoms with Crippen molar-refractivity contribution in [3.8, 4) is 6.07 Å². The molecule has 0 fully saturated rings. The predicted octanol–water partition coefficient (Wildman–Crippen LogP) is 1.68. The van der Waals surface area contributed by atoms with Gasteiger partial charge in [-0.25, -0.2) is 0 Å². The van der Waals surface area contributed by atoms with Crippen LogP contribution in [-0.4, -0.2) is 24.8 Å². The fourth-order valence-electron chi connectivity index (χ4n) is 1.57. The van der Waals surface area contributed by atoms with Crippen LogP contribution in [0.5, 0.6) is 0 Å². The molecule has 1 aromatic carbocycles. The summed E-state index contributed by atoms with van der Waals surface area (Å²) in [6.07, 6.45) is -0.400. The Bertz CT molecular complexity index is 380. The van der Waals surface area contributed by atoms with Gasteiger partial charge in [-0.05, 0) is 31.5 Å². The molecule has 0 aromatic heterocycles. The van der Waals surface area contributed by atoms with Gasteiger partial charge >= 0.3 is 0 Å². The van der Waals surface area contributed by atoms with Crippen molar-refractivity contribution in [3.63, 3.8) is 0 Å². The first-order valence-electron chi connectivity index (χ1n) is 4.94. The minimum Gasteiger partial charge on any atom is -0.392 e. The van der Waals surface area contributed by atoms with Crippen molar-refractivity contribution in [2.45, 2.75) is 20.0 Å². The van der Waals surface area contributed by atoms with Crippen LogP contribution < -0.4 is 4.90 Å². The van der Waals surface area contributed by atoms with E-state index in [1.54, 1.807) is 6.92 Å². The van der Waals surface area contributed by atoms with Crippen molar-refractivity contribution in [2.75, 3.05) is 18.5 Å². The highest BCUT2D eigenvalue weighted by molar-refractivity contribution is 5.60. The summed E-state index contributed by atoms with van der Waals surface area (Å²) in [6.45, 7) is 4.22. The molecule has 0 aliphatic rings. The van der Waals surface area contributed by atoms with Gasteiger partial charge in [-0.1, -0.05) is 6.07 Å². The Morgan fingerprint density at radius 1 is 1.53 bits per heavy atom. The molecule has 80 valence electrons. The lowest BCUT2D eigenvalue weighted by molar-refractivity contribution is 0.201. The molecule has 1 unspecified atom stereocenters. The molecule has 1 aromatic rings. The summed E-state index contributed by atoms with van der Waals surface area (Å²) in [6, 6.07) is 7.90. The van der Waals surface area contributed by atoms with Crippen LogP contribution in [0.2, 0.25) is 0 Å². The normalized spacial score (nSPS) is 11.9. The van der Waals surface area contributed by atoms with Crippen LogP contribution in [0.3, 0.4) is 0 Å². The van der Waals surface area contributed by atoms with Crippen LogP contribution in [0, 0.1) is 18.3 Å². The largest absolute Gasteiger partial charge is 0.392 e. The topological polar surface area (TPSA) is 47.3 Å². The van der Waals surface area contributed by atoms with Crippen LogP contribution in [0.25, 0.3) is 0 Å². The molecule has 3 nitrogen and oxygen atoms in total. The second-order valence-corrected chi connectivity index (χ2v) is 3.86. The van der Waals surface area contributed by atoms with E-state index in [2.05, 4.69) is 6.07 Å². The van der Waals surface area contributed by atoms with Gasteiger partial charge < -0.3 is 10.0 Å². The molecule has 0 amide bonds. The van der Waals surface area contributed by atoms with Crippen molar-refractivity contribution in [1.29, 1.82) is 5.26 Å². The number of rotatable bonds is 3. The maximum Gasteiger partial charge on any atom is 0.101 e. The number of benzene rings is 1. The molecule has 0 aliphatic carbocycles. The second-order valence-electron chi connectivity index (χ2n) is 3.86. The highest BCUT2D eigenvalue weighted by Gasteiger charge is 2.09. The lowest BCUT2D eigenvalue weighted by Gasteiger charge is -2.22. The van der Waals surface area contributed by atoms with E-state index in [1.807, 2.05) is 37.1 Å². The van der Waals surface area contributed by atoms with Gasteiger partial charge in [-0.15, -0.1) is 0 Å². The van der Waals surface area contributed by atoms with Crippen molar-refractivity contribution >= 4 is 5.69 Å². The fraction of sp³-hybridized carbons (Fsp3) is 0.417. The summed E-state index contributed by atoms with van der Waals surface area (Å²) in [4.78, 5) is 1.89. The third-order valence-corrected chi connectivity index (χ3v) is 2.22. The smallest absolute Gasteiger partial charge is 0.101 e. The maximum absolute atomic E-state index is 9.28. The van der Waals surface area contributed by atoms with Gasteiger partial charge in [-0.3, -0.25) is 0 Å². The second kappa shape index (κ2) is 4.81. The summed E-state index contributed by atoms with van der Waals surface area (Å²) in [5.74, 6) is 0. The summed E-state index contributed by atoms with van der Waals surface area (Å²) < 4.78 is 0. The zero-order valence-electron chi connectivity index (χ0n) is 9.36. The van der Waals surface area contributed by atoms with Gasteiger partial charge in [0.2, 0.25) is 0 Å². The zero-order valence-corrected chi connectivity index (χ0v) is 9.36. The van der Waals surface area contributed by atoms with Gasteiger partial charge in [0.1, 0.15) is 6.07 Å². The first-order chi connectivity index (χ1) is 7.04. The SMILES string of the molecule is Cc1ccc(N(C)CC(C)O)c(C#N)c1. The van der Waals surface area contributed by atoms with Crippen molar-refractivity contribution < 1.29 is 5.11 Å². The highest BCUT2D eigenvalue weighted by atomic mass is 16.3. The molecule has 0 saturated heterocycles. The van der Waals surface area contributed by atoms with Gasteiger partial charge in [0.25, 0.3) is 0 Å². The maximum atomic E-state index is 9.28. The van der Waals surface area contributed by atoms with E-state index in [1.165, 1.54) is 0 Å². The van der Waals surface area contributed by atoms with E-state index in [9.17, 15) is 5.11 Å². The first kappa shape index (κ1) is 11.5. The Balaban J connectivity index is 2.99. The van der Waals surface area contributed by atoms with E-state index in [0.717, 1.165) is 11.3 Å². The molecule has 15 heavy (non-hydrogen) atoms. The molecule has 0 spiro atoms. The molecule has 0 heterocycles. The third-order valence-electron chi connectivity index (χ3n) is 2.22. The van der Waals surface area contributed by atoms with Crippen molar-refractivity contribution in [3.05, 3.63) is 29.3 Å². The average Bonchev–Trinajstić information content (AvgIpc) is 2.16. The highest BCUT2D eigenvalue weighted by Crippen LogP contribution is 2.20. The third kappa shape index (κ3) is 2.97. The number of nitrogens with zero attached hydrogens (tertiary/aromatic N) is 2. The van der Waals surface area contributed by atoms with Crippen LogP contribution in [0.4, 0.5) is 5.69 Å². The van der Waals surface area contributed by atoms with Crippen molar-refractivity contribution in [1.82, 2.24) is 0 Å². The fourth-order valence-corrected chi connectivity index (χ4v) is 1.57. The molecule has 1 rings (SSSR count). The van der Waals surface area contributed by atoms with Crippen LogP contribution in [0.15, 0.2) is 18.2 Å². The molecular formula is C12H16N2O. The van der Waals surface area contributed by atoms with Gasteiger partial charge in [0, 0.05) is 13.6 Å². The number of hydrogen-bond donors (Lipinski definition) is 1. The first-order valence-corrected chi connectivity index (χ1v) is 4.94. The number of hydrogen-bond acceptors (Lipinski definition) is 3. The van der Waals surface area contributed by atoms with Crippen LogP contribution >= 0.6 is 0 Å². The van der Waals surface area contributed by atoms with Crippen molar-refractivity contribution in [2.24, 2.45) is 0 Å². The van der Waals surface area contributed by atoms with E-state index in [4.69, 9.17) is 5.26 Å². The Hall–Kier alpha value is -1.53.